The minimum absolute atomic E-state index is 0.0214. The average molecular weight is 296 g/mol. The molecule has 0 fully saturated rings. The van der Waals surface area contributed by atoms with Crippen LogP contribution in [0.2, 0.25) is 0 Å². The first kappa shape index (κ1) is 15.9. The molecular weight excluding hydrogens is 276 g/mol. The van der Waals surface area contributed by atoms with E-state index in [1.807, 2.05) is 37.3 Å². The van der Waals surface area contributed by atoms with Gasteiger partial charge in [-0.05, 0) is 31.5 Å². The van der Waals surface area contributed by atoms with Crippen molar-refractivity contribution in [3.05, 3.63) is 65.7 Å². The van der Waals surface area contributed by atoms with E-state index in [1.54, 1.807) is 24.3 Å². The summed E-state index contributed by atoms with van der Waals surface area (Å²) in [5, 5.41) is 5.97. The molecule has 1 unspecified atom stereocenters. The second-order valence-corrected chi connectivity index (χ2v) is 5.20. The Morgan fingerprint density at radius 2 is 1.77 bits per heavy atom. The van der Waals surface area contributed by atoms with Gasteiger partial charge in [-0.1, -0.05) is 42.5 Å². The van der Waals surface area contributed by atoms with Crippen molar-refractivity contribution < 1.29 is 9.59 Å². The van der Waals surface area contributed by atoms with Crippen LogP contribution in [0, 0.1) is 0 Å². The molecule has 1 amide bonds. The lowest BCUT2D eigenvalue weighted by Gasteiger charge is -2.14. The molecule has 0 saturated carbocycles. The molecule has 2 N–H and O–H groups in total. The third-order valence-corrected chi connectivity index (χ3v) is 3.42. The van der Waals surface area contributed by atoms with Crippen LogP contribution in [0.15, 0.2) is 54.6 Å². The number of rotatable bonds is 6. The van der Waals surface area contributed by atoms with Crippen molar-refractivity contribution in [2.45, 2.75) is 19.9 Å². The van der Waals surface area contributed by atoms with Gasteiger partial charge in [-0.15, -0.1) is 0 Å². The summed E-state index contributed by atoms with van der Waals surface area (Å²) in [7, 11) is 0. The largest absolute Gasteiger partial charge is 0.325 e. The Balaban J connectivity index is 1.88. The Morgan fingerprint density at radius 3 is 2.45 bits per heavy atom. The van der Waals surface area contributed by atoms with Crippen molar-refractivity contribution in [1.29, 1.82) is 0 Å². The molecular formula is C18H20N2O2. The van der Waals surface area contributed by atoms with Crippen molar-refractivity contribution >= 4 is 17.4 Å². The van der Waals surface area contributed by atoms with Gasteiger partial charge in [0, 0.05) is 17.3 Å². The Morgan fingerprint density at radius 1 is 1.05 bits per heavy atom. The predicted molar refractivity (Wildman–Crippen MR) is 87.9 cm³/mol. The van der Waals surface area contributed by atoms with E-state index in [9.17, 15) is 9.59 Å². The minimum atomic E-state index is -0.136. The summed E-state index contributed by atoms with van der Waals surface area (Å²) in [6.45, 7) is 3.73. The molecule has 0 aliphatic heterocycles. The number of anilines is 1. The second-order valence-electron chi connectivity index (χ2n) is 5.20. The standard InChI is InChI=1S/C18H20N2O2/c1-13(15-7-4-3-5-8-15)19-12-18(22)20-17-10-6-9-16(11-17)14(2)21/h3-11,13,19H,12H2,1-2H3,(H,20,22). The number of ketones is 1. The van der Waals surface area contributed by atoms with Gasteiger partial charge in [-0.25, -0.2) is 0 Å². The fourth-order valence-electron chi connectivity index (χ4n) is 2.13. The molecule has 0 aliphatic carbocycles. The van der Waals surface area contributed by atoms with Gasteiger partial charge in [0.15, 0.2) is 5.78 Å². The summed E-state index contributed by atoms with van der Waals surface area (Å²) in [6, 6.07) is 17.0. The number of carbonyl (C=O) groups excluding carboxylic acids is 2. The van der Waals surface area contributed by atoms with Crippen LogP contribution in [-0.2, 0) is 4.79 Å². The highest BCUT2D eigenvalue weighted by atomic mass is 16.2. The lowest BCUT2D eigenvalue weighted by molar-refractivity contribution is -0.115. The smallest absolute Gasteiger partial charge is 0.238 e. The maximum Gasteiger partial charge on any atom is 0.238 e. The summed E-state index contributed by atoms with van der Waals surface area (Å²) < 4.78 is 0. The topological polar surface area (TPSA) is 58.2 Å². The van der Waals surface area contributed by atoms with Crippen molar-refractivity contribution in [3.63, 3.8) is 0 Å². The first-order chi connectivity index (χ1) is 10.6. The zero-order valence-corrected chi connectivity index (χ0v) is 12.8. The number of hydrogen-bond acceptors (Lipinski definition) is 3. The second kappa shape index (κ2) is 7.52. The summed E-state index contributed by atoms with van der Waals surface area (Å²) >= 11 is 0. The molecule has 0 bridgehead atoms. The number of nitrogens with one attached hydrogen (secondary N) is 2. The highest BCUT2D eigenvalue weighted by Crippen LogP contribution is 2.12. The van der Waals surface area contributed by atoms with E-state index >= 15 is 0 Å². The lowest BCUT2D eigenvalue weighted by Crippen LogP contribution is -2.30. The van der Waals surface area contributed by atoms with Crippen LogP contribution in [0.5, 0.6) is 0 Å². The quantitative estimate of drug-likeness (QED) is 0.805. The normalized spacial score (nSPS) is 11.7. The molecule has 4 nitrogen and oxygen atoms in total. The fraction of sp³-hybridized carbons (Fsp3) is 0.222. The highest BCUT2D eigenvalue weighted by molar-refractivity contribution is 5.97. The Kier molecular flexibility index (Phi) is 5.44. The van der Waals surface area contributed by atoms with Crippen LogP contribution >= 0.6 is 0 Å². The van der Waals surface area contributed by atoms with Crippen LogP contribution in [0.1, 0.15) is 35.8 Å². The number of hydrogen-bond donors (Lipinski definition) is 2. The Hall–Kier alpha value is -2.46. The zero-order chi connectivity index (χ0) is 15.9. The van der Waals surface area contributed by atoms with Crippen molar-refractivity contribution in [2.24, 2.45) is 0 Å². The molecule has 2 rings (SSSR count). The molecule has 0 aliphatic rings. The van der Waals surface area contributed by atoms with Crippen LogP contribution in [-0.4, -0.2) is 18.2 Å². The van der Waals surface area contributed by atoms with Crippen molar-refractivity contribution in [1.82, 2.24) is 5.32 Å². The van der Waals surface area contributed by atoms with Gasteiger partial charge in [0.25, 0.3) is 0 Å². The van der Waals surface area contributed by atoms with Gasteiger partial charge in [0.1, 0.15) is 0 Å². The van der Waals surface area contributed by atoms with Crippen molar-refractivity contribution in [3.8, 4) is 0 Å². The summed E-state index contributed by atoms with van der Waals surface area (Å²) in [4.78, 5) is 23.3. The van der Waals surface area contributed by atoms with Gasteiger partial charge in [0.2, 0.25) is 5.91 Å². The third-order valence-electron chi connectivity index (χ3n) is 3.42. The first-order valence-electron chi connectivity index (χ1n) is 7.25. The minimum Gasteiger partial charge on any atom is -0.325 e. The highest BCUT2D eigenvalue weighted by Gasteiger charge is 2.08. The number of amides is 1. The van der Waals surface area contributed by atoms with Gasteiger partial charge in [-0.2, -0.15) is 0 Å². The molecule has 0 saturated heterocycles. The van der Waals surface area contributed by atoms with E-state index < -0.39 is 0 Å². The number of carbonyl (C=O) groups is 2. The van der Waals surface area contributed by atoms with Crippen LogP contribution in [0.4, 0.5) is 5.69 Å². The molecule has 0 heterocycles. The SMILES string of the molecule is CC(=O)c1cccc(NC(=O)CNC(C)c2ccccc2)c1. The van der Waals surface area contributed by atoms with Crippen LogP contribution in [0.25, 0.3) is 0 Å². The number of benzene rings is 2. The molecule has 0 aromatic heterocycles. The molecule has 0 spiro atoms. The molecule has 114 valence electrons. The predicted octanol–water partition coefficient (Wildman–Crippen LogP) is 3.18. The average Bonchev–Trinajstić information content (AvgIpc) is 2.53. The number of Topliss-reactive ketones (excluding diaryl/α,β-unsaturated/α-hetero) is 1. The van der Waals surface area contributed by atoms with Crippen molar-refractivity contribution in [2.75, 3.05) is 11.9 Å². The zero-order valence-electron chi connectivity index (χ0n) is 12.8. The molecule has 0 radical (unpaired) electrons. The van der Waals surface area contributed by atoms with E-state index in [0.29, 0.717) is 11.3 Å². The summed E-state index contributed by atoms with van der Waals surface area (Å²) in [5.41, 5.74) is 2.35. The van der Waals surface area contributed by atoms with Gasteiger partial charge in [0.05, 0.1) is 6.54 Å². The fourth-order valence-corrected chi connectivity index (χ4v) is 2.13. The summed E-state index contributed by atoms with van der Waals surface area (Å²) in [5.74, 6) is -0.157. The van der Waals surface area contributed by atoms with Crippen LogP contribution in [0.3, 0.4) is 0 Å². The maximum atomic E-state index is 12.0. The molecule has 4 heteroatoms. The first-order valence-corrected chi connectivity index (χ1v) is 7.25. The molecule has 1 atom stereocenters. The summed E-state index contributed by atoms with van der Waals surface area (Å²) in [6.07, 6.45) is 0. The van der Waals surface area contributed by atoms with E-state index in [2.05, 4.69) is 10.6 Å². The third kappa shape index (κ3) is 4.53. The molecule has 2 aromatic carbocycles. The maximum absolute atomic E-state index is 12.0. The Labute approximate surface area is 130 Å². The molecule has 2 aromatic rings. The van der Waals surface area contributed by atoms with E-state index in [4.69, 9.17) is 0 Å². The lowest BCUT2D eigenvalue weighted by atomic mass is 10.1. The molecule has 22 heavy (non-hydrogen) atoms. The van der Waals surface area contributed by atoms with E-state index in [0.717, 1.165) is 5.56 Å². The van der Waals surface area contributed by atoms with E-state index in [1.165, 1.54) is 6.92 Å². The van der Waals surface area contributed by atoms with Gasteiger partial charge < -0.3 is 10.6 Å². The van der Waals surface area contributed by atoms with Crippen LogP contribution < -0.4 is 10.6 Å². The monoisotopic (exact) mass is 296 g/mol. The van der Waals surface area contributed by atoms with Gasteiger partial charge >= 0.3 is 0 Å². The van der Waals surface area contributed by atoms with Gasteiger partial charge in [-0.3, -0.25) is 9.59 Å². The van der Waals surface area contributed by atoms with E-state index in [-0.39, 0.29) is 24.3 Å². The Bertz CT molecular complexity index is 653.